The average Bonchev–Trinajstić information content (AvgIpc) is 2.76. The molecule has 2 rings (SSSR count). The Labute approximate surface area is 108 Å². The minimum absolute atomic E-state index is 0.0113. The molecule has 0 saturated carbocycles. The number of nitrogens with zero attached hydrogens (tertiary/aromatic N) is 2. The molecular formula is C12H9N2O5-. The number of carbonyl (C=O) groups excluding carboxylic acids is 1. The Morgan fingerprint density at radius 3 is 2.84 bits per heavy atom. The van der Waals surface area contributed by atoms with E-state index >= 15 is 0 Å². The maximum atomic E-state index is 11.7. The van der Waals surface area contributed by atoms with E-state index in [2.05, 4.69) is 4.99 Å². The summed E-state index contributed by atoms with van der Waals surface area (Å²) in [5.41, 5.74) is -0.153. The molecular weight excluding hydrogens is 252 g/mol. The molecule has 1 aromatic rings. The quantitative estimate of drug-likeness (QED) is 0.348. The smallest absolute Gasteiger partial charge is 0.357 e. The minimum Gasteiger partial charge on any atom is -0.877 e. The highest BCUT2D eigenvalue weighted by molar-refractivity contribution is 6.56. The molecule has 1 aliphatic rings. The molecule has 0 bridgehead atoms. The molecule has 7 heteroatoms. The molecule has 19 heavy (non-hydrogen) atoms. The van der Waals surface area contributed by atoms with E-state index in [-0.39, 0.29) is 34.8 Å². The van der Waals surface area contributed by atoms with Crippen molar-refractivity contribution in [3.8, 4) is 0 Å². The zero-order valence-electron chi connectivity index (χ0n) is 9.95. The lowest BCUT2D eigenvalue weighted by molar-refractivity contribution is -0.384. The number of hydrogen-bond acceptors (Lipinski definition) is 6. The van der Waals surface area contributed by atoms with Crippen LogP contribution >= 0.6 is 0 Å². The monoisotopic (exact) mass is 261 g/mol. The second-order valence-corrected chi connectivity index (χ2v) is 3.64. The zero-order valence-corrected chi connectivity index (χ0v) is 9.95. The zero-order chi connectivity index (χ0) is 14.0. The van der Waals surface area contributed by atoms with E-state index in [9.17, 15) is 20.0 Å². The average molecular weight is 261 g/mol. The van der Waals surface area contributed by atoms with Crippen molar-refractivity contribution < 1.29 is 19.6 Å². The first-order valence-electron chi connectivity index (χ1n) is 5.46. The summed E-state index contributed by atoms with van der Waals surface area (Å²) in [6.45, 7) is 1.74. The van der Waals surface area contributed by atoms with Gasteiger partial charge < -0.3 is 9.84 Å². The van der Waals surface area contributed by atoms with Gasteiger partial charge in [-0.3, -0.25) is 10.1 Å². The van der Waals surface area contributed by atoms with Gasteiger partial charge in [-0.25, -0.2) is 9.79 Å². The first-order valence-corrected chi connectivity index (χ1v) is 5.46. The SMILES string of the molecule is CCOC(=O)C1=Nc2c(cccc2[N+](=O)[O-])C1=C[O-]. The number of fused-ring (bicyclic) bond motifs is 1. The van der Waals surface area contributed by atoms with E-state index in [1.165, 1.54) is 18.2 Å². The molecule has 0 N–H and O–H groups in total. The lowest BCUT2D eigenvalue weighted by Crippen LogP contribution is -2.17. The highest BCUT2D eigenvalue weighted by Gasteiger charge is 2.30. The maximum absolute atomic E-state index is 11.7. The third-order valence-corrected chi connectivity index (χ3v) is 2.57. The predicted molar refractivity (Wildman–Crippen MR) is 64.8 cm³/mol. The molecule has 1 aromatic carbocycles. The summed E-state index contributed by atoms with van der Waals surface area (Å²) in [6.07, 6.45) is 0.450. The molecule has 0 aliphatic carbocycles. The number of benzene rings is 1. The molecule has 1 heterocycles. The Morgan fingerprint density at radius 1 is 1.53 bits per heavy atom. The van der Waals surface area contributed by atoms with Crippen LogP contribution < -0.4 is 5.11 Å². The van der Waals surface area contributed by atoms with Crippen LogP contribution in [0.15, 0.2) is 29.5 Å². The van der Waals surface area contributed by atoms with Gasteiger partial charge in [0.15, 0.2) is 5.71 Å². The van der Waals surface area contributed by atoms with E-state index in [1.54, 1.807) is 6.92 Å². The van der Waals surface area contributed by atoms with Crippen molar-refractivity contribution in [2.45, 2.75) is 6.92 Å². The number of carbonyl (C=O) groups is 1. The lowest BCUT2D eigenvalue weighted by atomic mass is 10.0. The first kappa shape index (κ1) is 12.7. The van der Waals surface area contributed by atoms with Crippen molar-refractivity contribution in [3.05, 3.63) is 40.1 Å². The Kier molecular flexibility index (Phi) is 3.28. The topological polar surface area (TPSA) is 105 Å². The maximum Gasteiger partial charge on any atom is 0.357 e. The lowest BCUT2D eigenvalue weighted by Gasteiger charge is -2.06. The van der Waals surface area contributed by atoms with Crippen LogP contribution in [0.4, 0.5) is 11.4 Å². The molecule has 0 aromatic heterocycles. The summed E-state index contributed by atoms with van der Waals surface area (Å²) in [5.74, 6) is -0.768. The molecule has 0 fully saturated rings. The number of aliphatic imine (C=N–C) groups is 1. The van der Waals surface area contributed by atoms with Gasteiger partial charge in [-0.1, -0.05) is 12.1 Å². The van der Waals surface area contributed by atoms with Crippen molar-refractivity contribution in [2.24, 2.45) is 4.99 Å². The third kappa shape index (κ3) is 2.05. The van der Waals surface area contributed by atoms with Gasteiger partial charge in [-0.2, -0.15) is 0 Å². The number of nitro groups is 1. The van der Waals surface area contributed by atoms with E-state index in [0.29, 0.717) is 6.26 Å². The molecule has 0 amide bonds. The van der Waals surface area contributed by atoms with Gasteiger partial charge in [-0.05, 0) is 6.92 Å². The van der Waals surface area contributed by atoms with Gasteiger partial charge in [0, 0.05) is 17.2 Å². The van der Waals surface area contributed by atoms with Crippen molar-refractivity contribution >= 4 is 28.6 Å². The second kappa shape index (κ2) is 4.89. The summed E-state index contributed by atoms with van der Waals surface area (Å²) in [7, 11) is 0. The summed E-state index contributed by atoms with van der Waals surface area (Å²) < 4.78 is 4.77. The van der Waals surface area contributed by atoms with Gasteiger partial charge in [-0.15, -0.1) is 6.26 Å². The van der Waals surface area contributed by atoms with Gasteiger partial charge >= 0.3 is 5.97 Å². The standard InChI is InChI=1S/C12H10N2O5/c1-2-19-12(16)11-8(6-15)7-4-3-5-9(14(17)18)10(7)13-11/h3-6,15H,2H2,1H3/p-1. The first-order chi connectivity index (χ1) is 9.10. The van der Waals surface area contributed by atoms with Crippen LogP contribution in [0, 0.1) is 10.1 Å². The largest absolute Gasteiger partial charge is 0.877 e. The van der Waals surface area contributed by atoms with E-state index in [0.717, 1.165) is 0 Å². The summed E-state index contributed by atoms with van der Waals surface area (Å²) in [5, 5.41) is 22.0. The normalized spacial score (nSPS) is 15.0. The van der Waals surface area contributed by atoms with E-state index in [1.807, 2.05) is 0 Å². The molecule has 0 radical (unpaired) electrons. The van der Waals surface area contributed by atoms with Crippen molar-refractivity contribution in [1.29, 1.82) is 0 Å². The number of nitro benzene ring substituents is 1. The number of rotatable bonds is 3. The van der Waals surface area contributed by atoms with Crippen LogP contribution in [0.25, 0.3) is 5.57 Å². The summed E-state index contributed by atoms with van der Waals surface area (Å²) in [6, 6.07) is 4.20. The summed E-state index contributed by atoms with van der Waals surface area (Å²) >= 11 is 0. The Balaban J connectivity index is 2.57. The number of hydrogen-bond donors (Lipinski definition) is 0. The molecule has 0 atom stereocenters. The van der Waals surface area contributed by atoms with Crippen molar-refractivity contribution in [1.82, 2.24) is 0 Å². The second-order valence-electron chi connectivity index (χ2n) is 3.64. The van der Waals surface area contributed by atoms with Crippen LogP contribution in [-0.4, -0.2) is 23.2 Å². The van der Waals surface area contributed by atoms with E-state index < -0.39 is 10.9 Å². The Morgan fingerprint density at radius 2 is 2.26 bits per heavy atom. The summed E-state index contributed by atoms with van der Waals surface area (Å²) in [4.78, 5) is 25.8. The number of para-hydroxylation sites is 1. The Hall–Kier alpha value is -2.70. The molecule has 0 spiro atoms. The van der Waals surface area contributed by atoms with Gasteiger partial charge in [0.2, 0.25) is 0 Å². The fourth-order valence-electron chi connectivity index (χ4n) is 1.79. The van der Waals surface area contributed by atoms with Crippen LogP contribution in [0.3, 0.4) is 0 Å². The van der Waals surface area contributed by atoms with Crippen molar-refractivity contribution in [3.63, 3.8) is 0 Å². The van der Waals surface area contributed by atoms with Crippen LogP contribution in [0.2, 0.25) is 0 Å². The molecule has 7 nitrogen and oxygen atoms in total. The van der Waals surface area contributed by atoms with Gasteiger partial charge in [0.25, 0.3) is 5.69 Å². The fourth-order valence-corrected chi connectivity index (χ4v) is 1.79. The highest BCUT2D eigenvalue weighted by Crippen LogP contribution is 2.41. The predicted octanol–water partition coefficient (Wildman–Crippen LogP) is 0.945. The number of esters is 1. The number of ether oxygens (including phenoxy) is 1. The van der Waals surface area contributed by atoms with Crippen LogP contribution in [0.1, 0.15) is 12.5 Å². The van der Waals surface area contributed by atoms with E-state index in [4.69, 9.17) is 4.74 Å². The Bertz CT molecular complexity index is 619. The molecule has 0 unspecified atom stereocenters. The van der Waals surface area contributed by atoms with Crippen LogP contribution in [-0.2, 0) is 9.53 Å². The van der Waals surface area contributed by atoms with Crippen molar-refractivity contribution in [2.75, 3.05) is 6.61 Å². The molecule has 1 aliphatic heterocycles. The highest BCUT2D eigenvalue weighted by atomic mass is 16.6. The van der Waals surface area contributed by atoms with Gasteiger partial charge in [0.1, 0.15) is 5.69 Å². The van der Waals surface area contributed by atoms with Gasteiger partial charge in [0.05, 0.1) is 11.5 Å². The van der Waals surface area contributed by atoms with Crippen LogP contribution in [0.5, 0.6) is 0 Å². The third-order valence-electron chi connectivity index (χ3n) is 2.57. The molecule has 98 valence electrons. The molecule has 0 saturated heterocycles. The fraction of sp³-hybridized carbons (Fsp3) is 0.167. The minimum atomic E-state index is -0.768.